The monoisotopic (exact) mass is 327 g/mol. The highest BCUT2D eigenvalue weighted by Crippen LogP contribution is 2.32. The number of nitrogens with zero attached hydrogens (tertiary/aromatic N) is 4. The third-order valence-electron chi connectivity index (χ3n) is 3.67. The van der Waals surface area contributed by atoms with E-state index in [4.69, 9.17) is 10.5 Å². The second-order valence-corrected chi connectivity index (χ2v) is 7.69. The molecule has 2 aromatic rings. The van der Waals surface area contributed by atoms with E-state index in [9.17, 15) is 13.5 Å². The van der Waals surface area contributed by atoms with Gasteiger partial charge in [0.2, 0.25) is 0 Å². The molecule has 1 fully saturated rings. The summed E-state index contributed by atoms with van der Waals surface area (Å²) < 4.78 is 29.9. The number of aromatic nitrogens is 4. The molecule has 0 bridgehead atoms. The fourth-order valence-electron chi connectivity index (χ4n) is 2.56. The van der Waals surface area contributed by atoms with Crippen LogP contribution in [0.5, 0.6) is 0 Å². The van der Waals surface area contributed by atoms with E-state index in [1.165, 1.54) is 12.7 Å². The predicted molar refractivity (Wildman–Crippen MR) is 78.6 cm³/mol. The van der Waals surface area contributed by atoms with Crippen molar-refractivity contribution in [3.05, 3.63) is 12.7 Å². The molecule has 3 N–H and O–H groups in total. The predicted octanol–water partition coefficient (Wildman–Crippen LogP) is -0.508. The van der Waals surface area contributed by atoms with Crippen LogP contribution in [0.3, 0.4) is 0 Å². The highest BCUT2D eigenvalue weighted by Gasteiger charge is 2.36. The number of anilines is 1. The number of nitrogen functional groups attached to an aromatic ring is 1. The zero-order valence-electron chi connectivity index (χ0n) is 12.0. The summed E-state index contributed by atoms with van der Waals surface area (Å²) >= 11 is 0. The topological polar surface area (TPSA) is 133 Å². The number of rotatable bonds is 4. The molecule has 2 aromatic heterocycles. The lowest BCUT2D eigenvalue weighted by Crippen LogP contribution is -2.23. The lowest BCUT2D eigenvalue weighted by atomic mass is 10.1. The van der Waals surface area contributed by atoms with Gasteiger partial charge in [-0.1, -0.05) is 0 Å². The molecule has 0 aromatic carbocycles. The summed E-state index contributed by atoms with van der Waals surface area (Å²) in [4.78, 5) is 12.2. The molecule has 3 heterocycles. The second-order valence-electron chi connectivity index (χ2n) is 5.43. The molecule has 0 spiro atoms. The number of hydrogen-bond acceptors (Lipinski definition) is 8. The summed E-state index contributed by atoms with van der Waals surface area (Å²) in [6.07, 6.45) is 2.89. The van der Waals surface area contributed by atoms with E-state index in [2.05, 4.69) is 15.0 Å². The van der Waals surface area contributed by atoms with Crippen LogP contribution in [0.25, 0.3) is 11.2 Å². The first kappa shape index (κ1) is 15.1. The first-order valence-corrected chi connectivity index (χ1v) is 8.85. The molecule has 0 amide bonds. The van der Waals surface area contributed by atoms with Gasteiger partial charge in [-0.2, -0.15) is 0 Å². The van der Waals surface area contributed by atoms with Crippen molar-refractivity contribution < 1.29 is 18.3 Å². The molecule has 0 radical (unpaired) electrons. The van der Waals surface area contributed by atoms with Gasteiger partial charge in [-0.05, 0) is 6.42 Å². The van der Waals surface area contributed by atoms with Crippen molar-refractivity contribution in [2.75, 3.05) is 17.7 Å². The Morgan fingerprint density at radius 2 is 2.23 bits per heavy atom. The SMILES string of the molecule is CS(=O)(=O)CC[C@H]1O[C@@H](n2cnc3c(N)ncnc32)C[C@@H]1O. The molecule has 0 saturated carbocycles. The zero-order chi connectivity index (χ0) is 15.9. The largest absolute Gasteiger partial charge is 0.390 e. The van der Waals surface area contributed by atoms with Crippen LogP contribution in [0.1, 0.15) is 19.1 Å². The van der Waals surface area contributed by atoms with Crippen LogP contribution in [-0.4, -0.2) is 57.3 Å². The minimum Gasteiger partial charge on any atom is -0.390 e. The smallest absolute Gasteiger partial charge is 0.167 e. The second kappa shape index (κ2) is 5.45. The highest BCUT2D eigenvalue weighted by atomic mass is 32.2. The molecule has 1 saturated heterocycles. The zero-order valence-corrected chi connectivity index (χ0v) is 12.8. The average molecular weight is 327 g/mol. The average Bonchev–Trinajstić information content (AvgIpc) is 3.00. The van der Waals surface area contributed by atoms with Crippen LogP contribution in [0.4, 0.5) is 5.82 Å². The molecule has 9 nitrogen and oxygen atoms in total. The molecule has 3 rings (SSSR count). The van der Waals surface area contributed by atoms with E-state index in [-0.39, 0.29) is 18.0 Å². The Morgan fingerprint density at radius 1 is 1.45 bits per heavy atom. The number of nitrogens with two attached hydrogens (primary N) is 1. The van der Waals surface area contributed by atoms with Crippen molar-refractivity contribution in [3.63, 3.8) is 0 Å². The molecular weight excluding hydrogens is 310 g/mol. The van der Waals surface area contributed by atoms with E-state index in [1.54, 1.807) is 4.57 Å². The van der Waals surface area contributed by atoms with Crippen LogP contribution >= 0.6 is 0 Å². The van der Waals surface area contributed by atoms with E-state index in [0.717, 1.165) is 6.26 Å². The Balaban J connectivity index is 1.80. The minimum absolute atomic E-state index is 0.0265. The molecule has 1 aliphatic rings. The van der Waals surface area contributed by atoms with Gasteiger partial charge in [-0.3, -0.25) is 4.57 Å². The van der Waals surface area contributed by atoms with Gasteiger partial charge in [-0.15, -0.1) is 0 Å². The van der Waals surface area contributed by atoms with Crippen LogP contribution < -0.4 is 5.73 Å². The maximum absolute atomic E-state index is 11.2. The summed E-state index contributed by atoms with van der Waals surface area (Å²) in [7, 11) is -3.09. The lowest BCUT2D eigenvalue weighted by Gasteiger charge is -2.15. The summed E-state index contributed by atoms with van der Waals surface area (Å²) in [5.41, 5.74) is 6.73. The van der Waals surface area contributed by atoms with E-state index in [0.29, 0.717) is 17.6 Å². The first-order chi connectivity index (χ1) is 10.3. The fourth-order valence-corrected chi connectivity index (χ4v) is 3.22. The molecule has 3 atom stereocenters. The molecule has 0 aliphatic carbocycles. The Bertz CT molecular complexity index is 790. The van der Waals surface area contributed by atoms with Crippen molar-refractivity contribution in [1.82, 2.24) is 19.5 Å². The molecule has 120 valence electrons. The molecule has 22 heavy (non-hydrogen) atoms. The Morgan fingerprint density at radius 3 is 2.95 bits per heavy atom. The van der Waals surface area contributed by atoms with Crippen molar-refractivity contribution in [2.24, 2.45) is 0 Å². The Hall–Kier alpha value is -1.78. The van der Waals surface area contributed by atoms with E-state index >= 15 is 0 Å². The van der Waals surface area contributed by atoms with Crippen LogP contribution in [0.15, 0.2) is 12.7 Å². The van der Waals surface area contributed by atoms with Gasteiger partial charge in [0, 0.05) is 12.7 Å². The number of aliphatic hydroxyl groups is 1. The Kier molecular flexibility index (Phi) is 3.75. The van der Waals surface area contributed by atoms with Crippen molar-refractivity contribution in [3.8, 4) is 0 Å². The van der Waals surface area contributed by atoms with Crippen LogP contribution in [0.2, 0.25) is 0 Å². The maximum atomic E-state index is 11.2. The minimum atomic E-state index is -3.09. The van der Waals surface area contributed by atoms with E-state index in [1.807, 2.05) is 0 Å². The van der Waals surface area contributed by atoms with Gasteiger partial charge >= 0.3 is 0 Å². The number of ether oxygens (including phenoxy) is 1. The summed E-state index contributed by atoms with van der Waals surface area (Å²) in [5, 5.41) is 10.1. The van der Waals surface area contributed by atoms with Crippen LogP contribution in [0, 0.1) is 0 Å². The van der Waals surface area contributed by atoms with Crippen molar-refractivity contribution in [2.45, 2.75) is 31.3 Å². The van der Waals surface area contributed by atoms with Crippen LogP contribution in [-0.2, 0) is 14.6 Å². The summed E-state index contributed by atoms with van der Waals surface area (Å²) in [6.45, 7) is 0. The summed E-state index contributed by atoms with van der Waals surface area (Å²) in [6, 6.07) is 0. The number of fused-ring (bicyclic) bond motifs is 1. The standard InChI is InChI=1S/C12H17N5O4S/c1-22(19,20)3-2-8-7(18)4-9(21-8)17-6-16-10-11(13)14-5-15-12(10)17/h5-9,18H,2-4H2,1H3,(H2,13,14,15)/t7-,8+,9+/m0/s1. The molecule has 10 heteroatoms. The molecule has 1 aliphatic heterocycles. The highest BCUT2D eigenvalue weighted by molar-refractivity contribution is 7.90. The third-order valence-corrected chi connectivity index (χ3v) is 4.65. The van der Waals surface area contributed by atoms with Gasteiger partial charge in [0.1, 0.15) is 27.9 Å². The normalized spacial score (nSPS) is 25.8. The van der Waals surface area contributed by atoms with Gasteiger partial charge in [0.15, 0.2) is 11.5 Å². The third kappa shape index (κ3) is 2.89. The Labute approximate surface area is 127 Å². The van der Waals surface area contributed by atoms with Gasteiger partial charge in [0.05, 0.1) is 24.3 Å². The number of hydrogen-bond donors (Lipinski definition) is 2. The van der Waals surface area contributed by atoms with E-state index < -0.39 is 28.3 Å². The fraction of sp³-hybridized carbons (Fsp3) is 0.583. The molecular formula is C12H17N5O4S. The number of sulfone groups is 1. The van der Waals surface area contributed by atoms with Gasteiger partial charge in [0.25, 0.3) is 0 Å². The van der Waals surface area contributed by atoms with Gasteiger partial charge in [-0.25, -0.2) is 23.4 Å². The first-order valence-electron chi connectivity index (χ1n) is 6.79. The van der Waals surface area contributed by atoms with Crippen molar-refractivity contribution in [1.29, 1.82) is 0 Å². The lowest BCUT2D eigenvalue weighted by molar-refractivity contribution is -0.0178. The van der Waals surface area contributed by atoms with Crippen molar-refractivity contribution >= 4 is 26.8 Å². The quantitative estimate of drug-likeness (QED) is 0.767. The number of imidazole rings is 1. The maximum Gasteiger partial charge on any atom is 0.167 e. The van der Waals surface area contributed by atoms with Gasteiger partial charge < -0.3 is 15.6 Å². The number of aliphatic hydroxyl groups excluding tert-OH is 1. The summed E-state index contributed by atoms with van der Waals surface area (Å²) in [5.74, 6) is 0.247. The molecule has 0 unspecified atom stereocenters.